The summed E-state index contributed by atoms with van der Waals surface area (Å²) in [4.78, 5) is 19.5. The molecule has 1 aromatic heterocycles. The normalized spacial score (nSPS) is 15.8. The Bertz CT molecular complexity index is 1350. The third kappa shape index (κ3) is 4.92. The first-order valence-corrected chi connectivity index (χ1v) is 12.2. The highest BCUT2D eigenvalue weighted by Gasteiger charge is 2.34. The quantitative estimate of drug-likeness (QED) is 0.289. The van der Waals surface area contributed by atoms with Gasteiger partial charge in [-0.2, -0.15) is 0 Å². The van der Waals surface area contributed by atoms with Crippen molar-refractivity contribution in [3.63, 3.8) is 0 Å². The van der Waals surface area contributed by atoms with Crippen LogP contribution in [0.2, 0.25) is 0 Å². The van der Waals surface area contributed by atoms with Crippen LogP contribution in [0.3, 0.4) is 0 Å². The average Bonchev–Trinajstić information content (AvgIpc) is 3.41. The van der Waals surface area contributed by atoms with Gasteiger partial charge in [0.1, 0.15) is 17.4 Å². The Morgan fingerprint density at radius 2 is 1.83 bits per heavy atom. The minimum absolute atomic E-state index is 0.00795. The molecule has 5 nitrogen and oxygen atoms in total. The third-order valence-corrected chi connectivity index (χ3v) is 6.68. The lowest BCUT2D eigenvalue weighted by molar-refractivity contribution is -0.117. The van der Waals surface area contributed by atoms with Crippen molar-refractivity contribution in [2.24, 2.45) is 0 Å². The molecule has 0 spiro atoms. The number of unbranched alkanes of at least 4 members (excludes halogenated alkanes) is 1. The van der Waals surface area contributed by atoms with E-state index in [-0.39, 0.29) is 17.6 Å². The number of imidazole rings is 1. The van der Waals surface area contributed by atoms with Gasteiger partial charge in [-0.1, -0.05) is 29.8 Å². The topological polar surface area (TPSA) is 47.4 Å². The van der Waals surface area contributed by atoms with Crippen LogP contribution in [0.5, 0.6) is 5.75 Å². The van der Waals surface area contributed by atoms with E-state index in [1.54, 1.807) is 17.0 Å². The SMILES string of the molecule is Cc1ccc(OCCCCn2c([C@H]3CC(=O)N(c4ccc(F)cc4)C3)nc3ccccc32)c(C)c1. The lowest BCUT2D eigenvalue weighted by atomic mass is 10.1. The fourth-order valence-corrected chi connectivity index (χ4v) is 4.91. The highest BCUT2D eigenvalue weighted by Crippen LogP contribution is 2.33. The number of ether oxygens (including phenoxy) is 1. The largest absolute Gasteiger partial charge is 0.493 e. The summed E-state index contributed by atoms with van der Waals surface area (Å²) in [6.45, 7) is 6.17. The standard InChI is InChI=1S/C29H30FN3O2/c1-20-9-14-27(21(2)17-20)35-16-6-5-15-32-26-8-4-3-7-25(26)31-29(32)22-18-28(34)33(19-22)24-12-10-23(30)11-13-24/h3-4,7-14,17,22H,5-6,15-16,18-19H2,1-2H3/t22-/m0/s1. The number of rotatable bonds is 8. The van der Waals surface area contributed by atoms with E-state index in [9.17, 15) is 9.18 Å². The van der Waals surface area contributed by atoms with Crippen LogP contribution in [0.4, 0.5) is 10.1 Å². The van der Waals surface area contributed by atoms with Crippen LogP contribution in [-0.4, -0.2) is 28.6 Å². The lowest BCUT2D eigenvalue weighted by Gasteiger charge is -2.17. The number of halogens is 1. The highest BCUT2D eigenvalue weighted by molar-refractivity contribution is 5.96. The van der Waals surface area contributed by atoms with Crippen LogP contribution in [0, 0.1) is 19.7 Å². The second-order valence-electron chi connectivity index (χ2n) is 9.32. The fraction of sp³-hybridized carbons (Fsp3) is 0.310. The van der Waals surface area contributed by atoms with Crippen molar-refractivity contribution >= 4 is 22.6 Å². The van der Waals surface area contributed by atoms with Crippen molar-refractivity contribution in [2.45, 2.75) is 45.6 Å². The number of aromatic nitrogens is 2. The Kier molecular flexibility index (Phi) is 6.53. The van der Waals surface area contributed by atoms with Crippen LogP contribution >= 0.6 is 0 Å². The maximum atomic E-state index is 13.4. The van der Waals surface area contributed by atoms with Gasteiger partial charge in [-0.25, -0.2) is 9.37 Å². The molecule has 0 N–H and O–H groups in total. The zero-order chi connectivity index (χ0) is 24.4. The number of aryl methyl sites for hydroxylation is 3. The van der Waals surface area contributed by atoms with Gasteiger partial charge in [0.05, 0.1) is 17.6 Å². The molecule has 1 aliphatic heterocycles. The monoisotopic (exact) mass is 471 g/mol. The summed E-state index contributed by atoms with van der Waals surface area (Å²) in [5.74, 6) is 1.61. The second kappa shape index (κ2) is 9.90. The first kappa shape index (κ1) is 23.1. The molecule has 180 valence electrons. The van der Waals surface area contributed by atoms with Gasteiger partial charge in [0, 0.05) is 31.1 Å². The molecule has 6 heteroatoms. The van der Waals surface area contributed by atoms with Crippen LogP contribution in [0.1, 0.15) is 42.1 Å². The van der Waals surface area contributed by atoms with Crippen molar-refractivity contribution < 1.29 is 13.9 Å². The predicted molar refractivity (Wildman–Crippen MR) is 136 cm³/mol. The van der Waals surface area contributed by atoms with Gasteiger partial charge < -0.3 is 14.2 Å². The van der Waals surface area contributed by atoms with E-state index in [1.165, 1.54) is 17.7 Å². The number of carbonyl (C=O) groups excluding carboxylic acids is 1. The summed E-state index contributed by atoms with van der Waals surface area (Å²) in [6, 6.07) is 20.5. The summed E-state index contributed by atoms with van der Waals surface area (Å²) < 4.78 is 21.6. The molecule has 2 heterocycles. The molecule has 0 radical (unpaired) electrons. The number of anilines is 1. The van der Waals surface area contributed by atoms with E-state index < -0.39 is 0 Å². The Hall–Kier alpha value is -3.67. The molecule has 1 amide bonds. The number of amides is 1. The maximum Gasteiger partial charge on any atom is 0.227 e. The Balaban J connectivity index is 1.28. The molecule has 5 rings (SSSR count). The molecule has 1 aliphatic rings. The van der Waals surface area contributed by atoms with Crippen molar-refractivity contribution in [3.05, 3.63) is 89.5 Å². The van der Waals surface area contributed by atoms with Gasteiger partial charge in [0.25, 0.3) is 0 Å². The molecule has 0 unspecified atom stereocenters. The van der Waals surface area contributed by atoms with Gasteiger partial charge in [-0.05, 0) is 74.7 Å². The van der Waals surface area contributed by atoms with Gasteiger partial charge in [-0.3, -0.25) is 4.79 Å². The van der Waals surface area contributed by atoms with Crippen molar-refractivity contribution in [1.82, 2.24) is 9.55 Å². The maximum absolute atomic E-state index is 13.4. The van der Waals surface area contributed by atoms with Crippen molar-refractivity contribution in [2.75, 3.05) is 18.1 Å². The number of fused-ring (bicyclic) bond motifs is 1. The van der Waals surface area contributed by atoms with Crippen LogP contribution in [0.25, 0.3) is 11.0 Å². The van der Waals surface area contributed by atoms with Crippen LogP contribution in [-0.2, 0) is 11.3 Å². The number of nitrogens with zero attached hydrogens (tertiary/aromatic N) is 3. The first-order valence-electron chi connectivity index (χ1n) is 12.2. The van der Waals surface area contributed by atoms with Gasteiger partial charge in [0.15, 0.2) is 0 Å². The summed E-state index contributed by atoms with van der Waals surface area (Å²) in [5, 5.41) is 0. The smallest absolute Gasteiger partial charge is 0.227 e. The Morgan fingerprint density at radius 1 is 1.03 bits per heavy atom. The lowest BCUT2D eigenvalue weighted by Crippen LogP contribution is -2.24. The molecule has 0 saturated carbocycles. The number of carbonyl (C=O) groups is 1. The number of para-hydroxylation sites is 2. The van der Waals surface area contributed by atoms with Crippen LogP contribution in [0.15, 0.2) is 66.7 Å². The molecular formula is C29H30FN3O2. The Labute approximate surface area is 205 Å². The summed E-state index contributed by atoms with van der Waals surface area (Å²) >= 11 is 0. The van der Waals surface area contributed by atoms with Crippen molar-refractivity contribution in [3.8, 4) is 5.75 Å². The van der Waals surface area contributed by atoms with E-state index in [0.717, 1.165) is 53.2 Å². The fourth-order valence-electron chi connectivity index (χ4n) is 4.91. The van der Waals surface area contributed by atoms with E-state index in [1.807, 2.05) is 24.3 Å². The number of hydrogen-bond acceptors (Lipinski definition) is 3. The highest BCUT2D eigenvalue weighted by atomic mass is 19.1. The van der Waals surface area contributed by atoms with Gasteiger partial charge in [-0.15, -0.1) is 0 Å². The molecule has 0 aliphatic carbocycles. The molecule has 1 atom stereocenters. The predicted octanol–water partition coefficient (Wildman–Crippen LogP) is 6.17. The van der Waals surface area contributed by atoms with Crippen LogP contribution < -0.4 is 9.64 Å². The summed E-state index contributed by atoms with van der Waals surface area (Å²) in [5.41, 5.74) is 5.15. The third-order valence-electron chi connectivity index (χ3n) is 6.68. The van der Waals surface area contributed by atoms with E-state index >= 15 is 0 Å². The Morgan fingerprint density at radius 3 is 2.63 bits per heavy atom. The summed E-state index contributed by atoms with van der Waals surface area (Å²) in [6.07, 6.45) is 2.27. The second-order valence-corrected chi connectivity index (χ2v) is 9.32. The zero-order valence-corrected chi connectivity index (χ0v) is 20.2. The van der Waals surface area contributed by atoms with Crippen molar-refractivity contribution in [1.29, 1.82) is 0 Å². The minimum Gasteiger partial charge on any atom is -0.493 e. The summed E-state index contributed by atoms with van der Waals surface area (Å²) in [7, 11) is 0. The van der Waals surface area contributed by atoms with E-state index in [2.05, 4.69) is 36.6 Å². The van der Waals surface area contributed by atoms with E-state index in [4.69, 9.17) is 9.72 Å². The number of hydrogen-bond donors (Lipinski definition) is 0. The molecule has 1 fully saturated rings. The average molecular weight is 472 g/mol. The molecule has 35 heavy (non-hydrogen) atoms. The van der Waals surface area contributed by atoms with E-state index in [0.29, 0.717) is 19.6 Å². The molecular weight excluding hydrogens is 441 g/mol. The zero-order valence-electron chi connectivity index (χ0n) is 20.2. The molecule has 3 aromatic carbocycles. The first-order chi connectivity index (χ1) is 17.0. The number of benzene rings is 3. The molecule has 0 bridgehead atoms. The molecule has 4 aromatic rings. The molecule has 1 saturated heterocycles. The van der Waals surface area contributed by atoms with Gasteiger partial charge in [0.2, 0.25) is 5.91 Å². The minimum atomic E-state index is -0.305. The van der Waals surface area contributed by atoms with Gasteiger partial charge >= 0.3 is 0 Å².